The van der Waals surface area contributed by atoms with Gasteiger partial charge in [-0.15, -0.1) is 0 Å². The molecule has 28 heavy (non-hydrogen) atoms. The van der Waals surface area contributed by atoms with Gasteiger partial charge in [-0.1, -0.05) is 57.0 Å². The fraction of sp³-hybridized carbons (Fsp3) is 0.652. The summed E-state index contributed by atoms with van der Waals surface area (Å²) in [6.07, 6.45) is 5.83. The molecule has 154 valence electrons. The molecule has 2 fully saturated rings. The maximum atomic E-state index is 13.0. The van der Waals surface area contributed by atoms with Gasteiger partial charge in [0.2, 0.25) is 5.91 Å². The summed E-state index contributed by atoms with van der Waals surface area (Å²) in [5.41, 5.74) is 1.19. The molecule has 0 spiro atoms. The molecule has 2 saturated heterocycles. The molecule has 1 aromatic rings. The van der Waals surface area contributed by atoms with E-state index >= 15 is 0 Å². The van der Waals surface area contributed by atoms with E-state index < -0.39 is 0 Å². The first-order valence-corrected chi connectivity index (χ1v) is 11.0. The average Bonchev–Trinajstić information content (AvgIpc) is 3.29. The topological polar surface area (TPSA) is 52.7 Å². The Morgan fingerprint density at radius 2 is 1.54 bits per heavy atom. The number of carbonyl (C=O) groups excluding carboxylic acids is 2. The summed E-state index contributed by atoms with van der Waals surface area (Å²) in [7, 11) is 0. The van der Waals surface area contributed by atoms with Crippen molar-refractivity contribution in [3.05, 3.63) is 35.9 Å². The first-order valence-electron chi connectivity index (χ1n) is 11.0. The summed E-state index contributed by atoms with van der Waals surface area (Å²) in [5.74, 6) is 0.584. The average molecular weight is 386 g/mol. The number of urea groups is 1. The highest BCUT2D eigenvalue weighted by atomic mass is 16.2. The second kappa shape index (κ2) is 9.94. The van der Waals surface area contributed by atoms with Crippen molar-refractivity contribution in [2.45, 2.75) is 58.4 Å². The summed E-state index contributed by atoms with van der Waals surface area (Å²) < 4.78 is 0. The standard InChI is InChI=1S/C23H35N3O2/c1-3-18(4-2)21(19-10-6-5-7-11-19)24-22(27)20-12-16-26(17-13-20)23(28)25-14-8-9-15-25/h5-7,10-11,18,20-21H,3-4,8-9,12-17H2,1-2H3,(H,24,27). The first-order chi connectivity index (χ1) is 13.6. The van der Waals surface area contributed by atoms with E-state index in [-0.39, 0.29) is 23.9 Å². The van der Waals surface area contributed by atoms with E-state index in [1.807, 2.05) is 28.0 Å². The van der Waals surface area contributed by atoms with Gasteiger partial charge in [0.05, 0.1) is 6.04 Å². The number of benzene rings is 1. The number of rotatable bonds is 6. The molecule has 1 aromatic carbocycles. The second-order valence-electron chi connectivity index (χ2n) is 8.21. The first kappa shape index (κ1) is 20.7. The van der Waals surface area contributed by atoms with Crippen molar-refractivity contribution in [1.29, 1.82) is 0 Å². The molecule has 5 nitrogen and oxygen atoms in total. The number of likely N-dealkylation sites (tertiary alicyclic amines) is 2. The zero-order chi connectivity index (χ0) is 19.9. The van der Waals surface area contributed by atoms with Crippen LogP contribution < -0.4 is 5.32 Å². The smallest absolute Gasteiger partial charge is 0.319 e. The van der Waals surface area contributed by atoms with Crippen molar-refractivity contribution in [3.63, 3.8) is 0 Å². The zero-order valence-electron chi connectivity index (χ0n) is 17.4. The highest BCUT2D eigenvalue weighted by Gasteiger charge is 2.32. The van der Waals surface area contributed by atoms with Crippen LogP contribution in [0.4, 0.5) is 4.79 Å². The highest BCUT2D eigenvalue weighted by molar-refractivity contribution is 5.80. The third-order valence-electron chi connectivity index (χ3n) is 6.49. The van der Waals surface area contributed by atoms with Gasteiger partial charge in [0.1, 0.15) is 0 Å². The molecule has 1 N–H and O–H groups in total. The molecule has 0 aromatic heterocycles. The molecule has 2 aliphatic heterocycles. The van der Waals surface area contributed by atoms with Crippen molar-refractivity contribution in [3.8, 4) is 0 Å². The molecule has 3 amide bonds. The summed E-state index contributed by atoms with van der Waals surface area (Å²) in [6.45, 7) is 7.53. The van der Waals surface area contributed by atoms with Crippen molar-refractivity contribution in [2.75, 3.05) is 26.2 Å². The molecular weight excluding hydrogens is 350 g/mol. The molecule has 1 unspecified atom stereocenters. The minimum absolute atomic E-state index is 0.00297. The summed E-state index contributed by atoms with van der Waals surface area (Å²) >= 11 is 0. The Bertz CT molecular complexity index is 631. The van der Waals surface area contributed by atoms with E-state index in [9.17, 15) is 9.59 Å². The predicted molar refractivity (Wildman–Crippen MR) is 112 cm³/mol. The molecule has 2 heterocycles. The molecule has 0 aliphatic carbocycles. The van der Waals surface area contributed by atoms with Crippen LogP contribution >= 0.6 is 0 Å². The summed E-state index contributed by atoms with van der Waals surface area (Å²) in [5, 5.41) is 3.35. The van der Waals surface area contributed by atoms with E-state index in [1.54, 1.807) is 0 Å². The van der Waals surface area contributed by atoms with Crippen LogP contribution in [0.1, 0.15) is 64.0 Å². The number of piperidine rings is 1. The summed E-state index contributed by atoms with van der Waals surface area (Å²) in [4.78, 5) is 29.5. The minimum atomic E-state index is 0.00297. The van der Waals surface area contributed by atoms with Gasteiger partial charge < -0.3 is 15.1 Å². The van der Waals surface area contributed by atoms with Crippen LogP contribution in [0.2, 0.25) is 0 Å². The van der Waals surface area contributed by atoms with Crippen molar-refractivity contribution < 1.29 is 9.59 Å². The maximum absolute atomic E-state index is 13.0. The van der Waals surface area contributed by atoms with Crippen LogP contribution in [0, 0.1) is 11.8 Å². The Labute approximate surface area is 169 Å². The van der Waals surface area contributed by atoms with Gasteiger partial charge >= 0.3 is 6.03 Å². The fourth-order valence-electron chi connectivity index (χ4n) is 4.61. The lowest BCUT2D eigenvalue weighted by molar-refractivity contribution is -0.127. The van der Waals surface area contributed by atoms with Gasteiger partial charge in [0.25, 0.3) is 0 Å². The molecule has 5 heteroatoms. The number of hydrogen-bond acceptors (Lipinski definition) is 2. The van der Waals surface area contributed by atoms with Crippen LogP contribution in [0.25, 0.3) is 0 Å². The van der Waals surface area contributed by atoms with Crippen molar-refractivity contribution in [1.82, 2.24) is 15.1 Å². The van der Waals surface area contributed by atoms with Gasteiger partial charge in [-0.05, 0) is 37.2 Å². The van der Waals surface area contributed by atoms with Crippen LogP contribution in [0.5, 0.6) is 0 Å². The molecule has 2 aliphatic rings. The Kier molecular flexibility index (Phi) is 7.35. The van der Waals surface area contributed by atoms with Gasteiger partial charge in [-0.25, -0.2) is 4.79 Å². The number of nitrogens with zero attached hydrogens (tertiary/aromatic N) is 2. The third kappa shape index (κ3) is 4.86. The Hall–Kier alpha value is -2.04. The quantitative estimate of drug-likeness (QED) is 0.797. The lowest BCUT2D eigenvalue weighted by atomic mass is 9.87. The summed E-state index contributed by atoms with van der Waals surface area (Å²) in [6, 6.07) is 10.5. The number of amides is 3. The number of hydrogen-bond donors (Lipinski definition) is 1. The fourth-order valence-corrected chi connectivity index (χ4v) is 4.61. The molecular formula is C23H35N3O2. The van der Waals surface area contributed by atoms with E-state index in [0.29, 0.717) is 19.0 Å². The Morgan fingerprint density at radius 3 is 2.11 bits per heavy atom. The van der Waals surface area contributed by atoms with Crippen LogP contribution in [-0.2, 0) is 4.79 Å². The van der Waals surface area contributed by atoms with Crippen LogP contribution in [-0.4, -0.2) is 47.9 Å². The lowest BCUT2D eigenvalue weighted by Crippen LogP contribution is -2.48. The van der Waals surface area contributed by atoms with Gasteiger partial charge in [-0.3, -0.25) is 4.79 Å². The van der Waals surface area contributed by atoms with Crippen LogP contribution in [0.15, 0.2) is 30.3 Å². The highest BCUT2D eigenvalue weighted by Crippen LogP contribution is 2.29. The van der Waals surface area contributed by atoms with E-state index in [0.717, 1.165) is 51.6 Å². The molecule has 0 bridgehead atoms. The third-order valence-corrected chi connectivity index (χ3v) is 6.49. The van der Waals surface area contributed by atoms with Crippen molar-refractivity contribution in [2.24, 2.45) is 11.8 Å². The van der Waals surface area contributed by atoms with Crippen LogP contribution in [0.3, 0.4) is 0 Å². The second-order valence-corrected chi connectivity index (χ2v) is 8.21. The number of nitrogens with one attached hydrogen (secondary N) is 1. The molecule has 3 rings (SSSR count). The van der Waals surface area contributed by atoms with E-state index in [2.05, 4.69) is 31.3 Å². The monoisotopic (exact) mass is 385 g/mol. The largest absolute Gasteiger partial charge is 0.349 e. The van der Waals surface area contributed by atoms with Gasteiger partial charge in [-0.2, -0.15) is 0 Å². The molecule has 0 radical (unpaired) electrons. The SMILES string of the molecule is CCC(CC)C(NC(=O)C1CCN(C(=O)N2CCCC2)CC1)c1ccccc1. The van der Waals surface area contributed by atoms with E-state index in [4.69, 9.17) is 0 Å². The minimum Gasteiger partial charge on any atom is -0.349 e. The Morgan fingerprint density at radius 1 is 0.964 bits per heavy atom. The molecule has 0 saturated carbocycles. The van der Waals surface area contributed by atoms with Crippen molar-refractivity contribution >= 4 is 11.9 Å². The van der Waals surface area contributed by atoms with Gasteiger partial charge in [0, 0.05) is 32.1 Å². The maximum Gasteiger partial charge on any atom is 0.319 e. The predicted octanol–water partition coefficient (Wildman–Crippen LogP) is 4.21. The lowest BCUT2D eigenvalue weighted by Gasteiger charge is -2.35. The van der Waals surface area contributed by atoms with E-state index in [1.165, 1.54) is 5.56 Å². The zero-order valence-corrected chi connectivity index (χ0v) is 17.4. The number of carbonyl (C=O) groups is 2. The normalized spacial score (nSPS) is 19.1. The molecule has 1 atom stereocenters. The van der Waals surface area contributed by atoms with Gasteiger partial charge in [0.15, 0.2) is 0 Å². The Balaban J connectivity index is 1.58.